The van der Waals surface area contributed by atoms with Gasteiger partial charge in [-0.25, -0.2) is 0 Å². The summed E-state index contributed by atoms with van der Waals surface area (Å²) in [4.78, 5) is 16.5. The predicted octanol–water partition coefficient (Wildman–Crippen LogP) is 1.36. The van der Waals surface area contributed by atoms with Gasteiger partial charge in [-0.3, -0.25) is 9.78 Å². The molecule has 21 heavy (non-hydrogen) atoms. The van der Waals surface area contributed by atoms with Gasteiger partial charge in [-0.2, -0.15) is 0 Å². The second-order valence-electron chi connectivity index (χ2n) is 5.26. The van der Waals surface area contributed by atoms with Gasteiger partial charge in [0.2, 0.25) is 5.91 Å². The van der Waals surface area contributed by atoms with E-state index >= 15 is 0 Å². The molecular formula is C16H19N3O2. The molecule has 3 rings (SSSR count). The molecule has 1 aromatic carbocycles. The van der Waals surface area contributed by atoms with Gasteiger partial charge >= 0.3 is 0 Å². The lowest BCUT2D eigenvalue weighted by atomic mass is 10.1. The van der Waals surface area contributed by atoms with Crippen molar-refractivity contribution in [2.45, 2.75) is 31.6 Å². The standard InChI is InChI=1S/C16H19N3O2/c17-9-12-5-6-15(21-12)16(20)19-10-14-13-4-2-1-3-11(13)7-8-18-14/h1-4,7-8,12,15H,5-6,9-10,17H2,(H,19,20)/t12-,15+/m1/s1. The predicted molar refractivity (Wildman–Crippen MR) is 80.5 cm³/mol. The molecule has 0 aliphatic carbocycles. The number of hydrogen-bond donors (Lipinski definition) is 2. The Bertz CT molecular complexity index is 639. The maximum Gasteiger partial charge on any atom is 0.249 e. The van der Waals surface area contributed by atoms with E-state index in [4.69, 9.17) is 10.5 Å². The lowest BCUT2D eigenvalue weighted by Crippen LogP contribution is -2.35. The molecule has 0 saturated carbocycles. The summed E-state index contributed by atoms with van der Waals surface area (Å²) in [5.74, 6) is -0.0827. The molecule has 2 atom stereocenters. The normalized spacial score (nSPS) is 21.6. The van der Waals surface area contributed by atoms with Gasteiger partial charge in [-0.1, -0.05) is 24.3 Å². The fourth-order valence-corrected chi connectivity index (χ4v) is 2.68. The number of amides is 1. The average Bonchev–Trinajstić information content (AvgIpc) is 3.01. The van der Waals surface area contributed by atoms with Gasteiger partial charge in [0.05, 0.1) is 18.3 Å². The van der Waals surface area contributed by atoms with E-state index in [1.165, 1.54) is 0 Å². The third-order valence-corrected chi connectivity index (χ3v) is 3.85. The van der Waals surface area contributed by atoms with E-state index in [9.17, 15) is 4.79 Å². The molecule has 0 bridgehead atoms. The number of nitrogens with one attached hydrogen (secondary N) is 1. The van der Waals surface area contributed by atoms with E-state index in [0.29, 0.717) is 13.1 Å². The second-order valence-corrected chi connectivity index (χ2v) is 5.26. The minimum atomic E-state index is -0.381. The first-order valence-corrected chi connectivity index (χ1v) is 7.24. The third kappa shape index (κ3) is 3.04. The number of aromatic nitrogens is 1. The molecule has 5 heteroatoms. The van der Waals surface area contributed by atoms with Gasteiger partial charge in [-0.05, 0) is 24.3 Å². The van der Waals surface area contributed by atoms with Gasteiger partial charge < -0.3 is 15.8 Å². The molecule has 1 aromatic heterocycles. The molecule has 5 nitrogen and oxygen atoms in total. The molecule has 1 aliphatic rings. The summed E-state index contributed by atoms with van der Waals surface area (Å²) < 4.78 is 5.59. The van der Waals surface area contributed by atoms with E-state index in [2.05, 4.69) is 10.3 Å². The Labute approximate surface area is 123 Å². The van der Waals surface area contributed by atoms with Crippen LogP contribution in [0.1, 0.15) is 18.5 Å². The number of carbonyl (C=O) groups excluding carboxylic acids is 1. The molecule has 0 spiro atoms. The van der Waals surface area contributed by atoms with Crippen LogP contribution < -0.4 is 11.1 Å². The SMILES string of the molecule is NC[C@H]1CC[C@@H](C(=O)NCc2nccc3ccccc23)O1. The van der Waals surface area contributed by atoms with Crippen molar-refractivity contribution < 1.29 is 9.53 Å². The molecule has 2 heterocycles. The van der Waals surface area contributed by atoms with Crippen molar-refractivity contribution >= 4 is 16.7 Å². The first-order chi connectivity index (χ1) is 10.3. The topological polar surface area (TPSA) is 77.2 Å². The molecule has 3 N–H and O–H groups in total. The number of pyridine rings is 1. The highest BCUT2D eigenvalue weighted by Gasteiger charge is 2.29. The lowest BCUT2D eigenvalue weighted by molar-refractivity contribution is -0.132. The Balaban J connectivity index is 1.65. The Morgan fingerprint density at radius 3 is 3.00 bits per heavy atom. The van der Waals surface area contributed by atoms with Crippen molar-refractivity contribution in [2.75, 3.05) is 6.54 Å². The Hall–Kier alpha value is -1.98. The molecule has 2 aromatic rings. The number of hydrogen-bond acceptors (Lipinski definition) is 4. The van der Waals surface area contributed by atoms with E-state index in [0.717, 1.165) is 29.3 Å². The summed E-state index contributed by atoms with van der Waals surface area (Å²) in [6.07, 6.45) is 2.97. The van der Waals surface area contributed by atoms with E-state index in [-0.39, 0.29) is 18.1 Å². The summed E-state index contributed by atoms with van der Waals surface area (Å²) in [7, 11) is 0. The van der Waals surface area contributed by atoms with Crippen molar-refractivity contribution in [1.82, 2.24) is 10.3 Å². The highest BCUT2D eigenvalue weighted by molar-refractivity contribution is 5.85. The fraction of sp³-hybridized carbons (Fsp3) is 0.375. The van der Waals surface area contributed by atoms with Crippen LogP contribution in [0.4, 0.5) is 0 Å². The largest absolute Gasteiger partial charge is 0.364 e. The quantitative estimate of drug-likeness (QED) is 0.889. The molecule has 1 fully saturated rings. The number of fused-ring (bicyclic) bond motifs is 1. The fourth-order valence-electron chi connectivity index (χ4n) is 2.68. The summed E-state index contributed by atoms with van der Waals surface area (Å²) in [6, 6.07) is 9.98. The van der Waals surface area contributed by atoms with Gasteiger partial charge in [0.15, 0.2) is 0 Å². The van der Waals surface area contributed by atoms with Gasteiger partial charge in [-0.15, -0.1) is 0 Å². The maximum absolute atomic E-state index is 12.1. The van der Waals surface area contributed by atoms with Crippen LogP contribution in [0.2, 0.25) is 0 Å². The van der Waals surface area contributed by atoms with Crippen molar-refractivity contribution in [3.05, 3.63) is 42.2 Å². The molecule has 110 valence electrons. The van der Waals surface area contributed by atoms with E-state index in [1.807, 2.05) is 30.3 Å². The highest BCUT2D eigenvalue weighted by Crippen LogP contribution is 2.19. The first kappa shape index (κ1) is 14.0. The van der Waals surface area contributed by atoms with Crippen molar-refractivity contribution in [2.24, 2.45) is 5.73 Å². The van der Waals surface area contributed by atoms with E-state index < -0.39 is 0 Å². The smallest absolute Gasteiger partial charge is 0.249 e. The maximum atomic E-state index is 12.1. The molecular weight excluding hydrogens is 266 g/mol. The van der Waals surface area contributed by atoms with Gasteiger partial charge in [0, 0.05) is 18.1 Å². The zero-order valence-corrected chi connectivity index (χ0v) is 11.8. The monoisotopic (exact) mass is 285 g/mol. The van der Waals surface area contributed by atoms with E-state index in [1.54, 1.807) is 6.20 Å². The van der Waals surface area contributed by atoms with Crippen LogP contribution >= 0.6 is 0 Å². The zero-order valence-electron chi connectivity index (χ0n) is 11.8. The molecule has 0 unspecified atom stereocenters. The van der Waals surface area contributed by atoms with Crippen molar-refractivity contribution in [1.29, 1.82) is 0 Å². The first-order valence-electron chi connectivity index (χ1n) is 7.24. The number of ether oxygens (including phenoxy) is 1. The Kier molecular flexibility index (Phi) is 4.13. The van der Waals surface area contributed by atoms with Crippen LogP contribution in [0.15, 0.2) is 36.5 Å². The third-order valence-electron chi connectivity index (χ3n) is 3.85. The van der Waals surface area contributed by atoms with Gasteiger partial charge in [0.25, 0.3) is 0 Å². The molecule has 1 amide bonds. The number of carbonyl (C=O) groups is 1. The molecule has 1 aliphatic heterocycles. The lowest BCUT2D eigenvalue weighted by Gasteiger charge is -2.13. The van der Waals surface area contributed by atoms with Crippen LogP contribution in [0.3, 0.4) is 0 Å². The Morgan fingerprint density at radius 2 is 2.19 bits per heavy atom. The van der Waals surface area contributed by atoms with Crippen LogP contribution in [0.25, 0.3) is 10.8 Å². The van der Waals surface area contributed by atoms with Crippen LogP contribution in [-0.2, 0) is 16.1 Å². The van der Waals surface area contributed by atoms with Crippen LogP contribution in [0, 0.1) is 0 Å². The number of nitrogens with two attached hydrogens (primary N) is 1. The molecule has 1 saturated heterocycles. The minimum absolute atomic E-state index is 0.0106. The van der Waals surface area contributed by atoms with Crippen molar-refractivity contribution in [3.8, 4) is 0 Å². The summed E-state index contributed by atoms with van der Waals surface area (Å²) in [5.41, 5.74) is 6.43. The summed E-state index contributed by atoms with van der Waals surface area (Å²) >= 11 is 0. The minimum Gasteiger partial charge on any atom is -0.364 e. The average molecular weight is 285 g/mol. The van der Waals surface area contributed by atoms with Crippen LogP contribution in [0.5, 0.6) is 0 Å². The van der Waals surface area contributed by atoms with Crippen LogP contribution in [-0.4, -0.2) is 29.6 Å². The zero-order chi connectivity index (χ0) is 14.7. The second kappa shape index (κ2) is 6.20. The molecule has 0 radical (unpaired) electrons. The van der Waals surface area contributed by atoms with Crippen molar-refractivity contribution in [3.63, 3.8) is 0 Å². The number of benzene rings is 1. The summed E-state index contributed by atoms with van der Waals surface area (Å²) in [6.45, 7) is 0.877. The van der Waals surface area contributed by atoms with Gasteiger partial charge in [0.1, 0.15) is 6.10 Å². The number of rotatable bonds is 4. The highest BCUT2D eigenvalue weighted by atomic mass is 16.5. The Morgan fingerprint density at radius 1 is 1.33 bits per heavy atom. The number of nitrogens with zero attached hydrogens (tertiary/aromatic N) is 1. The summed E-state index contributed by atoms with van der Waals surface area (Å²) in [5, 5.41) is 5.10.